The Morgan fingerprint density at radius 3 is 2.80 bits per heavy atom. The van der Waals surface area contributed by atoms with Crippen molar-refractivity contribution in [1.82, 2.24) is 4.90 Å². The van der Waals surface area contributed by atoms with E-state index < -0.39 is 11.7 Å². The lowest BCUT2D eigenvalue weighted by atomic mass is 10.1. The largest absolute Gasteiger partial charge is 0.409 e. The Morgan fingerprint density at radius 1 is 1.55 bits per heavy atom. The van der Waals surface area contributed by atoms with E-state index in [-0.39, 0.29) is 35.4 Å². The van der Waals surface area contributed by atoms with Crippen LogP contribution in [0.5, 0.6) is 0 Å². The number of carbonyl (C=O) groups excluding carboxylic acids is 1. The number of carbonyl (C=O) groups is 1. The SMILES string of the molecule is NC(CCN(C(=O)c1c(F)cccc1Cl)C1CC1)=NO. The van der Waals surface area contributed by atoms with Gasteiger partial charge in [0.05, 0.1) is 10.6 Å². The highest BCUT2D eigenvalue weighted by molar-refractivity contribution is 6.33. The number of hydrogen-bond donors (Lipinski definition) is 2. The van der Waals surface area contributed by atoms with Crippen molar-refractivity contribution < 1.29 is 14.4 Å². The van der Waals surface area contributed by atoms with Crippen LogP contribution in [0, 0.1) is 5.82 Å². The highest BCUT2D eigenvalue weighted by atomic mass is 35.5. The van der Waals surface area contributed by atoms with E-state index in [0.29, 0.717) is 0 Å². The Balaban J connectivity index is 2.19. The lowest BCUT2D eigenvalue weighted by Gasteiger charge is -2.23. The maximum Gasteiger partial charge on any atom is 0.258 e. The smallest absolute Gasteiger partial charge is 0.258 e. The second kappa shape index (κ2) is 6.09. The second-order valence-electron chi connectivity index (χ2n) is 4.67. The van der Waals surface area contributed by atoms with Gasteiger partial charge >= 0.3 is 0 Å². The minimum atomic E-state index is -0.642. The van der Waals surface area contributed by atoms with Crippen LogP contribution in [0.2, 0.25) is 5.02 Å². The molecule has 1 saturated carbocycles. The molecule has 0 heterocycles. The van der Waals surface area contributed by atoms with Gasteiger partial charge in [0.15, 0.2) is 0 Å². The van der Waals surface area contributed by atoms with Crippen molar-refractivity contribution in [2.24, 2.45) is 10.9 Å². The molecule has 20 heavy (non-hydrogen) atoms. The first-order valence-corrected chi connectivity index (χ1v) is 6.63. The first-order chi connectivity index (χ1) is 9.54. The number of rotatable bonds is 5. The standard InChI is InChI=1S/C13H15ClFN3O2/c14-9-2-1-3-10(15)12(9)13(19)18(8-4-5-8)7-6-11(16)17-20/h1-3,8,20H,4-7H2,(H2,16,17). The molecule has 1 aromatic carbocycles. The summed E-state index contributed by atoms with van der Waals surface area (Å²) in [6.45, 7) is 0.268. The number of benzene rings is 1. The summed E-state index contributed by atoms with van der Waals surface area (Å²) in [7, 11) is 0. The molecule has 1 amide bonds. The molecule has 108 valence electrons. The molecular formula is C13H15ClFN3O2. The topological polar surface area (TPSA) is 78.9 Å². The van der Waals surface area contributed by atoms with E-state index in [0.717, 1.165) is 12.8 Å². The Kier molecular flexibility index (Phi) is 4.44. The number of hydrogen-bond acceptors (Lipinski definition) is 3. The molecule has 0 aliphatic heterocycles. The third-order valence-electron chi connectivity index (χ3n) is 3.16. The maximum absolute atomic E-state index is 13.8. The summed E-state index contributed by atoms with van der Waals surface area (Å²) < 4.78 is 13.8. The van der Waals surface area contributed by atoms with Crippen LogP contribution in [0.15, 0.2) is 23.4 Å². The lowest BCUT2D eigenvalue weighted by molar-refractivity contribution is 0.0743. The third kappa shape index (κ3) is 3.19. The number of nitrogens with two attached hydrogens (primary N) is 1. The van der Waals surface area contributed by atoms with Gasteiger partial charge in [-0.25, -0.2) is 4.39 Å². The fraction of sp³-hybridized carbons (Fsp3) is 0.385. The van der Waals surface area contributed by atoms with E-state index in [4.69, 9.17) is 22.5 Å². The molecule has 1 aliphatic rings. The number of oxime groups is 1. The molecule has 5 nitrogen and oxygen atoms in total. The molecular weight excluding hydrogens is 285 g/mol. The van der Waals surface area contributed by atoms with Gasteiger partial charge in [-0.3, -0.25) is 4.79 Å². The zero-order valence-electron chi connectivity index (χ0n) is 10.7. The Labute approximate surface area is 120 Å². The Morgan fingerprint density at radius 2 is 2.25 bits per heavy atom. The highest BCUT2D eigenvalue weighted by Gasteiger charge is 2.34. The zero-order chi connectivity index (χ0) is 14.7. The molecule has 1 fully saturated rings. The van der Waals surface area contributed by atoms with E-state index in [1.807, 2.05) is 0 Å². The van der Waals surface area contributed by atoms with Gasteiger partial charge in [-0.1, -0.05) is 22.8 Å². The first kappa shape index (κ1) is 14.6. The van der Waals surface area contributed by atoms with Crippen LogP contribution < -0.4 is 5.73 Å². The zero-order valence-corrected chi connectivity index (χ0v) is 11.5. The average Bonchev–Trinajstić information content (AvgIpc) is 3.23. The Bertz CT molecular complexity index is 526. The summed E-state index contributed by atoms with van der Waals surface area (Å²) in [6, 6.07) is 4.21. The number of halogens is 2. The van der Waals surface area contributed by atoms with Gasteiger partial charge in [0.1, 0.15) is 11.7 Å². The molecule has 0 spiro atoms. The monoisotopic (exact) mass is 299 g/mol. The summed E-state index contributed by atoms with van der Waals surface area (Å²) in [5.74, 6) is -1.07. The van der Waals surface area contributed by atoms with Crippen molar-refractivity contribution >= 4 is 23.3 Å². The summed E-state index contributed by atoms with van der Waals surface area (Å²) in [6.07, 6.45) is 1.97. The number of amidine groups is 1. The average molecular weight is 300 g/mol. The van der Waals surface area contributed by atoms with Crippen molar-refractivity contribution in [3.05, 3.63) is 34.6 Å². The van der Waals surface area contributed by atoms with E-state index in [1.165, 1.54) is 23.1 Å². The highest BCUT2D eigenvalue weighted by Crippen LogP contribution is 2.30. The quantitative estimate of drug-likeness (QED) is 0.379. The maximum atomic E-state index is 13.8. The van der Waals surface area contributed by atoms with Crippen molar-refractivity contribution in [2.45, 2.75) is 25.3 Å². The molecule has 0 unspecified atom stereocenters. The van der Waals surface area contributed by atoms with Crippen molar-refractivity contribution in [1.29, 1.82) is 0 Å². The van der Waals surface area contributed by atoms with Crippen LogP contribution in [0.3, 0.4) is 0 Å². The summed E-state index contributed by atoms with van der Waals surface area (Å²) >= 11 is 5.91. The normalized spacial score (nSPS) is 15.2. The minimum absolute atomic E-state index is 0.0306. The van der Waals surface area contributed by atoms with Crippen LogP contribution >= 0.6 is 11.6 Å². The third-order valence-corrected chi connectivity index (χ3v) is 3.48. The summed E-state index contributed by atoms with van der Waals surface area (Å²) in [4.78, 5) is 14.0. The van der Waals surface area contributed by atoms with Gasteiger partial charge in [-0.2, -0.15) is 0 Å². The van der Waals surface area contributed by atoms with Crippen LogP contribution in [0.1, 0.15) is 29.6 Å². The van der Waals surface area contributed by atoms with Crippen molar-refractivity contribution in [3.63, 3.8) is 0 Å². The van der Waals surface area contributed by atoms with Gasteiger partial charge in [0, 0.05) is 19.0 Å². The van der Waals surface area contributed by atoms with E-state index in [9.17, 15) is 9.18 Å². The van der Waals surface area contributed by atoms with Crippen molar-refractivity contribution in [2.75, 3.05) is 6.54 Å². The number of nitrogens with zero attached hydrogens (tertiary/aromatic N) is 2. The van der Waals surface area contributed by atoms with Gasteiger partial charge < -0.3 is 15.8 Å². The molecule has 0 aromatic heterocycles. The molecule has 0 atom stereocenters. The minimum Gasteiger partial charge on any atom is -0.409 e. The fourth-order valence-electron chi connectivity index (χ4n) is 1.97. The summed E-state index contributed by atoms with van der Waals surface area (Å²) in [5.41, 5.74) is 5.28. The van der Waals surface area contributed by atoms with Crippen LogP contribution in [-0.4, -0.2) is 34.4 Å². The van der Waals surface area contributed by atoms with E-state index in [2.05, 4.69) is 5.16 Å². The van der Waals surface area contributed by atoms with Crippen molar-refractivity contribution in [3.8, 4) is 0 Å². The fourth-order valence-corrected chi connectivity index (χ4v) is 2.21. The molecule has 0 bridgehead atoms. The van der Waals surface area contributed by atoms with Crippen LogP contribution in [-0.2, 0) is 0 Å². The van der Waals surface area contributed by atoms with E-state index in [1.54, 1.807) is 0 Å². The van der Waals surface area contributed by atoms with Gasteiger partial charge in [-0.05, 0) is 25.0 Å². The molecule has 0 radical (unpaired) electrons. The van der Waals surface area contributed by atoms with Gasteiger partial charge in [0.25, 0.3) is 5.91 Å². The summed E-state index contributed by atoms with van der Waals surface area (Å²) in [5, 5.41) is 11.5. The first-order valence-electron chi connectivity index (χ1n) is 6.26. The number of amides is 1. The van der Waals surface area contributed by atoms with E-state index >= 15 is 0 Å². The molecule has 1 aromatic rings. The second-order valence-corrected chi connectivity index (χ2v) is 5.07. The van der Waals surface area contributed by atoms with Gasteiger partial charge in [0.2, 0.25) is 0 Å². The molecule has 2 rings (SSSR count). The van der Waals surface area contributed by atoms with Crippen LogP contribution in [0.25, 0.3) is 0 Å². The molecule has 0 saturated heterocycles. The molecule has 1 aliphatic carbocycles. The van der Waals surface area contributed by atoms with Crippen LogP contribution in [0.4, 0.5) is 4.39 Å². The molecule has 3 N–H and O–H groups in total. The predicted octanol–water partition coefficient (Wildman–Crippen LogP) is 2.22. The lowest BCUT2D eigenvalue weighted by Crippen LogP contribution is -2.36. The predicted molar refractivity (Wildman–Crippen MR) is 73.5 cm³/mol. The Hall–Kier alpha value is -1.82. The van der Waals surface area contributed by atoms with Gasteiger partial charge in [-0.15, -0.1) is 0 Å². The molecule has 7 heteroatoms.